The molecule has 0 spiro atoms. The van der Waals surface area contributed by atoms with E-state index >= 15 is 0 Å². The van der Waals surface area contributed by atoms with E-state index < -0.39 is 5.82 Å². The van der Waals surface area contributed by atoms with Gasteiger partial charge in [-0.1, -0.05) is 6.92 Å². The number of aromatic nitrogens is 2. The minimum Gasteiger partial charge on any atom is -0.487 e. The van der Waals surface area contributed by atoms with Crippen molar-refractivity contribution < 1.29 is 13.9 Å². The number of halogens is 1. The van der Waals surface area contributed by atoms with Crippen molar-refractivity contribution in [3.63, 3.8) is 0 Å². The van der Waals surface area contributed by atoms with Crippen LogP contribution < -0.4 is 4.74 Å². The van der Waals surface area contributed by atoms with Crippen LogP contribution in [-0.4, -0.2) is 15.6 Å². The maximum atomic E-state index is 13.2. The van der Waals surface area contributed by atoms with E-state index in [9.17, 15) is 9.18 Å². The van der Waals surface area contributed by atoms with Gasteiger partial charge < -0.3 is 4.74 Å². The number of carbonyl (C=O) groups is 1. The molecule has 1 heterocycles. The summed E-state index contributed by atoms with van der Waals surface area (Å²) in [6.45, 7) is 6.50. The van der Waals surface area contributed by atoms with Crippen LogP contribution >= 0.6 is 0 Å². The standard InChI is InChI=1S/C16H19FN2O2/c1-4-13-9-14(19(5-2)18-13)10-21-16-7-6-12(17)8-15(16)11(3)20/h6-9H,4-5,10H2,1-3H3. The lowest BCUT2D eigenvalue weighted by Gasteiger charge is -2.10. The smallest absolute Gasteiger partial charge is 0.163 e. The van der Waals surface area contributed by atoms with Crippen molar-refractivity contribution in [2.45, 2.75) is 40.3 Å². The molecule has 0 amide bonds. The molecule has 0 saturated heterocycles. The molecule has 112 valence electrons. The van der Waals surface area contributed by atoms with E-state index in [0.29, 0.717) is 12.4 Å². The largest absolute Gasteiger partial charge is 0.487 e. The first kappa shape index (κ1) is 15.2. The van der Waals surface area contributed by atoms with Gasteiger partial charge in [0.25, 0.3) is 0 Å². The van der Waals surface area contributed by atoms with Gasteiger partial charge in [0.2, 0.25) is 0 Å². The summed E-state index contributed by atoms with van der Waals surface area (Å²) in [7, 11) is 0. The minimum absolute atomic E-state index is 0.220. The minimum atomic E-state index is -0.445. The fourth-order valence-corrected chi connectivity index (χ4v) is 2.13. The number of hydrogen-bond donors (Lipinski definition) is 0. The summed E-state index contributed by atoms with van der Waals surface area (Å²) in [6, 6.07) is 5.96. The van der Waals surface area contributed by atoms with E-state index in [1.807, 2.05) is 24.6 Å². The molecule has 0 saturated carbocycles. The Hall–Kier alpha value is -2.17. The van der Waals surface area contributed by atoms with Crippen LogP contribution in [0.5, 0.6) is 5.75 Å². The fourth-order valence-electron chi connectivity index (χ4n) is 2.13. The first-order chi connectivity index (χ1) is 10.0. The molecule has 5 heteroatoms. The molecule has 0 atom stereocenters. The van der Waals surface area contributed by atoms with Crippen molar-refractivity contribution in [3.05, 3.63) is 47.0 Å². The second-order valence-corrected chi connectivity index (χ2v) is 4.78. The van der Waals surface area contributed by atoms with E-state index in [4.69, 9.17) is 4.74 Å². The van der Waals surface area contributed by atoms with Gasteiger partial charge in [-0.05, 0) is 44.5 Å². The molecular weight excluding hydrogens is 271 g/mol. The predicted octanol–water partition coefficient (Wildman–Crippen LogP) is 3.39. The number of ether oxygens (including phenoxy) is 1. The van der Waals surface area contributed by atoms with E-state index in [1.54, 1.807) is 0 Å². The number of nitrogens with zero attached hydrogens (tertiary/aromatic N) is 2. The van der Waals surface area contributed by atoms with Crippen LogP contribution in [0.15, 0.2) is 24.3 Å². The van der Waals surface area contributed by atoms with Gasteiger partial charge in [-0.2, -0.15) is 5.10 Å². The Balaban J connectivity index is 2.20. The number of Topliss-reactive ketones (excluding diaryl/α,β-unsaturated/α-hetero) is 1. The topological polar surface area (TPSA) is 44.1 Å². The molecule has 4 nitrogen and oxygen atoms in total. The normalized spacial score (nSPS) is 10.7. The van der Waals surface area contributed by atoms with E-state index in [2.05, 4.69) is 5.10 Å². The molecule has 0 aliphatic rings. The van der Waals surface area contributed by atoms with Gasteiger partial charge in [-0.15, -0.1) is 0 Å². The van der Waals surface area contributed by atoms with Gasteiger partial charge in [0.05, 0.1) is 17.0 Å². The van der Waals surface area contributed by atoms with Crippen LogP contribution in [0.4, 0.5) is 4.39 Å². The summed E-state index contributed by atoms with van der Waals surface area (Å²) < 4.78 is 20.8. The maximum absolute atomic E-state index is 13.2. The summed E-state index contributed by atoms with van der Waals surface area (Å²) in [5.74, 6) is -0.270. The lowest BCUT2D eigenvalue weighted by Crippen LogP contribution is -2.08. The molecule has 0 radical (unpaired) electrons. The zero-order chi connectivity index (χ0) is 15.4. The van der Waals surface area contributed by atoms with Gasteiger partial charge in [0.15, 0.2) is 5.78 Å². The lowest BCUT2D eigenvalue weighted by atomic mass is 10.1. The monoisotopic (exact) mass is 290 g/mol. The number of carbonyl (C=O) groups excluding carboxylic acids is 1. The molecule has 0 aliphatic carbocycles. The Morgan fingerprint density at radius 3 is 2.71 bits per heavy atom. The van der Waals surface area contributed by atoms with Crippen LogP contribution in [0, 0.1) is 5.82 Å². The molecule has 0 aliphatic heterocycles. The average molecular weight is 290 g/mol. The molecule has 21 heavy (non-hydrogen) atoms. The van der Waals surface area contributed by atoms with Gasteiger partial charge in [0, 0.05) is 6.54 Å². The molecule has 1 aromatic carbocycles. The number of aryl methyl sites for hydroxylation is 2. The van der Waals surface area contributed by atoms with Crippen molar-refractivity contribution >= 4 is 5.78 Å². The number of hydrogen-bond acceptors (Lipinski definition) is 3. The SMILES string of the molecule is CCc1cc(COc2ccc(F)cc2C(C)=O)n(CC)n1. The highest BCUT2D eigenvalue weighted by molar-refractivity contribution is 5.96. The van der Waals surface area contributed by atoms with Crippen molar-refractivity contribution in [2.24, 2.45) is 0 Å². The van der Waals surface area contributed by atoms with E-state index in [0.717, 1.165) is 24.4 Å². The Morgan fingerprint density at radius 2 is 2.10 bits per heavy atom. The van der Waals surface area contributed by atoms with Crippen LogP contribution in [0.2, 0.25) is 0 Å². The Kier molecular flexibility index (Phi) is 4.73. The van der Waals surface area contributed by atoms with Crippen LogP contribution in [-0.2, 0) is 19.6 Å². The predicted molar refractivity (Wildman–Crippen MR) is 78.0 cm³/mol. The second-order valence-electron chi connectivity index (χ2n) is 4.78. The molecule has 0 N–H and O–H groups in total. The summed E-state index contributed by atoms with van der Waals surface area (Å²) >= 11 is 0. The summed E-state index contributed by atoms with van der Waals surface area (Å²) in [6.07, 6.45) is 0.856. The van der Waals surface area contributed by atoms with Gasteiger partial charge >= 0.3 is 0 Å². The molecule has 0 bridgehead atoms. The highest BCUT2D eigenvalue weighted by Crippen LogP contribution is 2.21. The van der Waals surface area contributed by atoms with Crippen LogP contribution in [0.3, 0.4) is 0 Å². The van der Waals surface area contributed by atoms with Crippen LogP contribution in [0.25, 0.3) is 0 Å². The number of rotatable bonds is 6. The summed E-state index contributed by atoms with van der Waals surface area (Å²) in [5.41, 5.74) is 2.20. The summed E-state index contributed by atoms with van der Waals surface area (Å²) in [5, 5.41) is 4.44. The third kappa shape index (κ3) is 3.48. The van der Waals surface area contributed by atoms with Crippen molar-refractivity contribution in [1.29, 1.82) is 0 Å². The van der Waals surface area contributed by atoms with Crippen molar-refractivity contribution in [1.82, 2.24) is 9.78 Å². The highest BCUT2D eigenvalue weighted by atomic mass is 19.1. The Morgan fingerprint density at radius 1 is 1.33 bits per heavy atom. The average Bonchev–Trinajstić information content (AvgIpc) is 2.88. The fraction of sp³-hybridized carbons (Fsp3) is 0.375. The third-order valence-corrected chi connectivity index (χ3v) is 3.27. The zero-order valence-corrected chi connectivity index (χ0v) is 12.5. The second kappa shape index (κ2) is 6.52. The zero-order valence-electron chi connectivity index (χ0n) is 12.5. The van der Waals surface area contributed by atoms with Crippen molar-refractivity contribution in [2.75, 3.05) is 0 Å². The molecule has 2 rings (SSSR count). The number of ketones is 1. The van der Waals surface area contributed by atoms with Crippen molar-refractivity contribution in [3.8, 4) is 5.75 Å². The van der Waals surface area contributed by atoms with Gasteiger partial charge in [-0.25, -0.2) is 4.39 Å². The summed E-state index contributed by atoms with van der Waals surface area (Å²) in [4.78, 5) is 11.5. The van der Waals surface area contributed by atoms with Gasteiger partial charge in [0.1, 0.15) is 18.2 Å². The molecular formula is C16H19FN2O2. The van der Waals surface area contributed by atoms with E-state index in [1.165, 1.54) is 25.1 Å². The van der Waals surface area contributed by atoms with Crippen LogP contribution in [0.1, 0.15) is 42.5 Å². The third-order valence-electron chi connectivity index (χ3n) is 3.27. The molecule has 0 fully saturated rings. The molecule has 0 unspecified atom stereocenters. The number of benzene rings is 1. The maximum Gasteiger partial charge on any atom is 0.163 e. The van der Waals surface area contributed by atoms with E-state index in [-0.39, 0.29) is 11.3 Å². The highest BCUT2D eigenvalue weighted by Gasteiger charge is 2.12. The molecule has 1 aromatic heterocycles. The Labute approximate surface area is 123 Å². The molecule has 2 aromatic rings. The lowest BCUT2D eigenvalue weighted by molar-refractivity contribution is 0.101. The van der Waals surface area contributed by atoms with Gasteiger partial charge in [-0.3, -0.25) is 9.48 Å². The Bertz CT molecular complexity index is 650. The first-order valence-electron chi connectivity index (χ1n) is 7.04. The quantitative estimate of drug-likeness (QED) is 0.766. The first-order valence-corrected chi connectivity index (χ1v) is 7.04.